The number of carbonyl (C=O) groups excluding carboxylic acids is 1. The monoisotopic (exact) mass is 417 g/mol. The molecule has 0 aliphatic carbocycles. The molecule has 2 aliphatic rings. The van der Waals surface area contributed by atoms with E-state index in [4.69, 9.17) is 4.74 Å². The zero-order valence-corrected chi connectivity index (χ0v) is 16.3. The lowest BCUT2D eigenvalue weighted by Crippen LogP contribution is -2.52. The van der Waals surface area contributed by atoms with Crippen molar-refractivity contribution >= 4 is 11.6 Å². The summed E-state index contributed by atoms with van der Waals surface area (Å²) in [6.07, 6.45) is 1.82. The molecule has 0 bridgehead atoms. The van der Waals surface area contributed by atoms with Crippen LogP contribution in [0.15, 0.2) is 35.8 Å². The second kappa shape index (κ2) is 7.56. The fourth-order valence-corrected chi connectivity index (χ4v) is 3.94. The lowest BCUT2D eigenvalue weighted by molar-refractivity contribution is -0.102. The van der Waals surface area contributed by atoms with Crippen LogP contribution in [0, 0.1) is 11.6 Å². The first-order chi connectivity index (χ1) is 14.3. The molecule has 2 N–H and O–H groups in total. The summed E-state index contributed by atoms with van der Waals surface area (Å²) >= 11 is 0. The maximum atomic E-state index is 13.8. The molecule has 0 spiro atoms. The Kier molecular flexibility index (Phi) is 5.07. The van der Waals surface area contributed by atoms with Crippen LogP contribution in [0.25, 0.3) is 5.70 Å². The van der Waals surface area contributed by atoms with Gasteiger partial charge in [0.1, 0.15) is 29.1 Å². The molecule has 1 unspecified atom stereocenters. The number of rotatable bonds is 3. The smallest absolute Gasteiger partial charge is 0.257 e. The Balaban J connectivity index is 1.63. The highest BCUT2D eigenvalue weighted by molar-refractivity contribution is 5.94. The van der Waals surface area contributed by atoms with Crippen molar-refractivity contribution in [3.63, 3.8) is 0 Å². The highest BCUT2D eigenvalue weighted by atomic mass is 19.1. The van der Waals surface area contributed by atoms with Crippen LogP contribution in [-0.2, 0) is 17.8 Å². The Bertz CT molecular complexity index is 1100. The summed E-state index contributed by atoms with van der Waals surface area (Å²) in [5.74, 6) is -2.88. The molecule has 158 valence electrons. The zero-order valence-electron chi connectivity index (χ0n) is 16.3. The molecule has 1 aromatic carbocycles. The van der Waals surface area contributed by atoms with Gasteiger partial charge in [-0.1, -0.05) is 12.6 Å². The van der Waals surface area contributed by atoms with Crippen LogP contribution in [0.3, 0.4) is 0 Å². The fourth-order valence-electron chi connectivity index (χ4n) is 3.94. The first-order valence-electron chi connectivity index (χ1n) is 9.55. The van der Waals surface area contributed by atoms with Gasteiger partial charge >= 0.3 is 0 Å². The van der Waals surface area contributed by atoms with Gasteiger partial charge in [-0.3, -0.25) is 9.59 Å². The van der Waals surface area contributed by atoms with Gasteiger partial charge in [0.15, 0.2) is 5.75 Å². The van der Waals surface area contributed by atoms with Gasteiger partial charge in [0, 0.05) is 30.4 Å². The summed E-state index contributed by atoms with van der Waals surface area (Å²) in [6, 6.07) is 3.13. The third-order valence-electron chi connectivity index (χ3n) is 5.52. The summed E-state index contributed by atoms with van der Waals surface area (Å²) in [5, 5.41) is 13.0. The number of hydrogen-bond acceptors (Lipinski definition) is 5. The number of carbonyl (C=O) groups is 1. The van der Waals surface area contributed by atoms with Gasteiger partial charge in [-0.2, -0.15) is 0 Å². The number of fused-ring (bicyclic) bond motifs is 2. The van der Waals surface area contributed by atoms with Crippen LogP contribution in [0.2, 0.25) is 0 Å². The maximum Gasteiger partial charge on any atom is 0.257 e. The number of pyridine rings is 1. The van der Waals surface area contributed by atoms with Crippen molar-refractivity contribution in [1.29, 1.82) is 0 Å². The summed E-state index contributed by atoms with van der Waals surface area (Å²) in [7, 11) is 0. The van der Waals surface area contributed by atoms with Crippen LogP contribution >= 0.6 is 0 Å². The van der Waals surface area contributed by atoms with Crippen molar-refractivity contribution in [2.24, 2.45) is 0 Å². The highest BCUT2D eigenvalue weighted by Gasteiger charge is 2.37. The molecule has 2 aliphatic heterocycles. The average molecular weight is 417 g/mol. The van der Waals surface area contributed by atoms with Crippen molar-refractivity contribution in [2.75, 3.05) is 6.61 Å². The number of nitrogens with one attached hydrogen (secondary N) is 1. The molecule has 3 heterocycles. The number of hydrogen-bond donors (Lipinski definition) is 2. The molecule has 0 saturated carbocycles. The Hall–Kier alpha value is -3.20. The molecule has 0 radical (unpaired) electrons. The summed E-state index contributed by atoms with van der Waals surface area (Å²) in [6.45, 7) is 6.67. The van der Waals surface area contributed by atoms with Gasteiger partial charge in [0.25, 0.3) is 5.91 Å². The van der Waals surface area contributed by atoms with Crippen molar-refractivity contribution in [3.05, 3.63) is 69.7 Å². The zero-order chi connectivity index (χ0) is 21.6. The number of aromatic hydroxyl groups is 1. The van der Waals surface area contributed by atoms with Crippen LogP contribution in [-0.4, -0.2) is 39.4 Å². The number of halogens is 2. The number of benzene rings is 1. The molecule has 4 rings (SSSR count). The normalized spacial score (nSPS) is 20.5. The Morgan fingerprint density at radius 2 is 2.17 bits per heavy atom. The van der Waals surface area contributed by atoms with Crippen LogP contribution in [0.5, 0.6) is 5.75 Å². The predicted molar refractivity (Wildman–Crippen MR) is 105 cm³/mol. The van der Waals surface area contributed by atoms with Crippen molar-refractivity contribution in [3.8, 4) is 5.75 Å². The van der Waals surface area contributed by atoms with Crippen molar-refractivity contribution < 1.29 is 23.4 Å². The molecule has 2 atom stereocenters. The highest BCUT2D eigenvalue weighted by Crippen LogP contribution is 2.35. The number of ether oxygens (including phenoxy) is 1. The molecular formula is C21H21F2N3O4. The lowest BCUT2D eigenvalue weighted by atomic mass is 10.0. The third kappa shape index (κ3) is 3.35. The molecule has 2 aromatic rings. The standard InChI is InChI=1S/C21H21F2N3O4/c1-11-5-6-30-17-10-25-9-15(19(27)20(28)18(25)12(2)26(11)17)21(29)24-8-13-3-4-14(22)7-16(13)23/h3-4,7,9,11,17,28H,2,5-6,8,10H2,1H3,(H,24,29)/t11-,17?/m1/s1. The van der Waals surface area contributed by atoms with Crippen molar-refractivity contribution in [2.45, 2.75) is 38.7 Å². The molecule has 9 heteroatoms. The number of nitrogens with zero attached hydrogens (tertiary/aromatic N) is 2. The van der Waals surface area contributed by atoms with E-state index in [0.717, 1.165) is 12.5 Å². The van der Waals surface area contributed by atoms with E-state index < -0.39 is 28.7 Å². The summed E-state index contributed by atoms with van der Waals surface area (Å²) in [4.78, 5) is 27.2. The number of amides is 1. The summed E-state index contributed by atoms with van der Waals surface area (Å²) < 4.78 is 34.2. The molecule has 1 amide bonds. The van der Waals surface area contributed by atoms with Crippen LogP contribution in [0.1, 0.15) is 35.0 Å². The molecular weight excluding hydrogens is 396 g/mol. The van der Waals surface area contributed by atoms with Crippen LogP contribution < -0.4 is 10.7 Å². The first-order valence-corrected chi connectivity index (χ1v) is 9.55. The minimum Gasteiger partial charge on any atom is -0.503 e. The SMILES string of the molecule is C=C1c2c(O)c(=O)c(C(=O)NCc3ccc(F)cc3F)cn2CC2OCC[C@@H](C)N12. The van der Waals surface area contributed by atoms with Crippen molar-refractivity contribution in [1.82, 2.24) is 14.8 Å². The minimum atomic E-state index is -0.844. The van der Waals surface area contributed by atoms with E-state index in [1.165, 1.54) is 12.3 Å². The minimum absolute atomic E-state index is 0.0700. The molecule has 1 fully saturated rings. The molecule has 1 saturated heterocycles. The largest absolute Gasteiger partial charge is 0.503 e. The van der Waals surface area contributed by atoms with Gasteiger partial charge in [0.2, 0.25) is 5.43 Å². The average Bonchev–Trinajstić information content (AvgIpc) is 2.69. The van der Waals surface area contributed by atoms with E-state index in [0.29, 0.717) is 24.9 Å². The van der Waals surface area contributed by atoms with Gasteiger partial charge in [0.05, 0.1) is 18.8 Å². The maximum absolute atomic E-state index is 13.8. The van der Waals surface area contributed by atoms with Gasteiger partial charge in [-0.15, -0.1) is 0 Å². The fraction of sp³-hybridized carbons (Fsp3) is 0.333. The molecule has 1 aromatic heterocycles. The van der Waals surface area contributed by atoms with E-state index in [9.17, 15) is 23.5 Å². The second-order valence-electron chi connectivity index (χ2n) is 7.46. The molecule has 30 heavy (non-hydrogen) atoms. The quantitative estimate of drug-likeness (QED) is 0.800. The number of aromatic nitrogens is 1. The topological polar surface area (TPSA) is 83.8 Å². The van der Waals surface area contributed by atoms with Crippen LogP contribution in [0.4, 0.5) is 8.78 Å². The van der Waals surface area contributed by atoms with E-state index in [-0.39, 0.29) is 35.6 Å². The predicted octanol–water partition coefficient (Wildman–Crippen LogP) is 2.18. The van der Waals surface area contributed by atoms with Gasteiger partial charge in [-0.05, 0) is 19.4 Å². The van der Waals surface area contributed by atoms with Gasteiger partial charge in [-0.25, -0.2) is 8.78 Å². The second-order valence-corrected chi connectivity index (χ2v) is 7.46. The third-order valence-corrected chi connectivity index (χ3v) is 5.52. The lowest BCUT2D eigenvalue weighted by Gasteiger charge is -2.47. The molecule has 7 nitrogen and oxygen atoms in total. The van der Waals surface area contributed by atoms with E-state index in [1.54, 1.807) is 4.57 Å². The Morgan fingerprint density at radius 3 is 2.90 bits per heavy atom. The first kappa shape index (κ1) is 20.1. The van der Waals surface area contributed by atoms with E-state index in [2.05, 4.69) is 11.9 Å². The Labute approximate surface area is 171 Å². The van der Waals surface area contributed by atoms with E-state index in [1.807, 2.05) is 11.8 Å². The van der Waals surface area contributed by atoms with E-state index >= 15 is 0 Å². The van der Waals surface area contributed by atoms with Gasteiger partial charge < -0.3 is 24.6 Å². The Morgan fingerprint density at radius 1 is 1.40 bits per heavy atom. The summed E-state index contributed by atoms with van der Waals surface area (Å²) in [5.41, 5.74) is -0.365.